The van der Waals surface area contributed by atoms with Crippen molar-refractivity contribution in [3.63, 3.8) is 0 Å². The van der Waals surface area contributed by atoms with Gasteiger partial charge in [0.1, 0.15) is 0 Å². The van der Waals surface area contributed by atoms with Crippen molar-refractivity contribution in [3.05, 3.63) is 48.0 Å². The summed E-state index contributed by atoms with van der Waals surface area (Å²) in [5, 5.41) is 10.5. The van der Waals surface area contributed by atoms with Crippen LogP contribution in [0.1, 0.15) is 63.9 Å². The van der Waals surface area contributed by atoms with E-state index in [4.69, 9.17) is 0 Å². The van der Waals surface area contributed by atoms with E-state index in [9.17, 15) is 23.5 Å². The number of aryl methyl sites for hydroxylation is 1. The highest BCUT2D eigenvalue weighted by molar-refractivity contribution is 5.86. The van der Waals surface area contributed by atoms with E-state index < -0.39 is 30.4 Å². The van der Waals surface area contributed by atoms with E-state index in [-0.39, 0.29) is 18.4 Å². The van der Waals surface area contributed by atoms with Crippen molar-refractivity contribution in [2.24, 2.45) is 5.92 Å². The Balaban J connectivity index is 1.79. The summed E-state index contributed by atoms with van der Waals surface area (Å²) in [5.41, 5.74) is 1.25. The van der Waals surface area contributed by atoms with Crippen LogP contribution in [-0.4, -0.2) is 53.6 Å². The Bertz CT molecular complexity index is 769. The van der Waals surface area contributed by atoms with Crippen LogP contribution in [0, 0.1) is 5.92 Å². The number of amides is 1. The molecule has 5 nitrogen and oxygen atoms in total. The SMILES string of the molecule is COC(=O)CCCCCCN1C(=O)C(F)(F)C[C@@H]1/C=C/C(O)C(C)CCCc1ccccc1. The van der Waals surface area contributed by atoms with Gasteiger partial charge in [0, 0.05) is 19.4 Å². The summed E-state index contributed by atoms with van der Waals surface area (Å²) < 4.78 is 32.7. The molecule has 33 heavy (non-hydrogen) atoms. The number of alkyl halides is 2. The molecule has 1 N–H and O–H groups in total. The van der Waals surface area contributed by atoms with Gasteiger partial charge in [0.05, 0.1) is 19.3 Å². The Hall–Kier alpha value is -2.28. The van der Waals surface area contributed by atoms with E-state index in [1.807, 2.05) is 25.1 Å². The number of methoxy groups -OCH3 is 1. The molecule has 1 saturated heterocycles. The predicted octanol–water partition coefficient (Wildman–Crippen LogP) is 4.92. The maximum atomic E-state index is 14.1. The van der Waals surface area contributed by atoms with Gasteiger partial charge in [-0.25, -0.2) is 0 Å². The van der Waals surface area contributed by atoms with Crippen LogP contribution in [0.25, 0.3) is 0 Å². The average molecular weight is 466 g/mol. The zero-order chi connectivity index (χ0) is 24.3. The van der Waals surface area contributed by atoms with Crippen molar-refractivity contribution in [1.29, 1.82) is 0 Å². The Morgan fingerprint density at radius 2 is 1.91 bits per heavy atom. The molecule has 2 rings (SSSR count). The molecule has 3 atom stereocenters. The first-order valence-electron chi connectivity index (χ1n) is 11.9. The van der Waals surface area contributed by atoms with Crippen molar-refractivity contribution in [3.8, 4) is 0 Å². The molecular weight excluding hydrogens is 428 g/mol. The number of ether oxygens (including phenoxy) is 1. The van der Waals surface area contributed by atoms with Gasteiger partial charge in [0.25, 0.3) is 5.91 Å². The number of carbonyl (C=O) groups is 2. The number of nitrogens with zero attached hydrogens (tertiary/aromatic N) is 1. The van der Waals surface area contributed by atoms with Gasteiger partial charge in [-0.15, -0.1) is 0 Å². The zero-order valence-corrected chi connectivity index (χ0v) is 19.7. The second-order valence-electron chi connectivity index (χ2n) is 8.95. The predicted molar refractivity (Wildman–Crippen MR) is 124 cm³/mol. The summed E-state index contributed by atoms with van der Waals surface area (Å²) in [6, 6.07) is 9.42. The third-order valence-electron chi connectivity index (χ3n) is 6.28. The van der Waals surface area contributed by atoms with E-state index in [2.05, 4.69) is 16.9 Å². The molecule has 1 aromatic rings. The molecule has 0 spiro atoms. The van der Waals surface area contributed by atoms with Gasteiger partial charge in [0.2, 0.25) is 0 Å². The molecule has 0 radical (unpaired) electrons. The van der Waals surface area contributed by atoms with Crippen LogP contribution in [0.3, 0.4) is 0 Å². The number of benzene rings is 1. The van der Waals surface area contributed by atoms with Gasteiger partial charge < -0.3 is 14.7 Å². The largest absolute Gasteiger partial charge is 0.469 e. The summed E-state index contributed by atoms with van der Waals surface area (Å²) in [4.78, 5) is 24.5. The van der Waals surface area contributed by atoms with Crippen LogP contribution in [0.15, 0.2) is 42.5 Å². The van der Waals surface area contributed by atoms with Crippen molar-refractivity contribution < 1.29 is 28.2 Å². The smallest absolute Gasteiger partial charge is 0.327 e. The fraction of sp³-hybridized carbons (Fsp3) is 0.615. The van der Waals surface area contributed by atoms with Gasteiger partial charge >= 0.3 is 11.9 Å². The number of aliphatic hydroxyl groups is 1. The Morgan fingerprint density at radius 1 is 1.21 bits per heavy atom. The summed E-state index contributed by atoms with van der Waals surface area (Å²) >= 11 is 0. The molecule has 184 valence electrons. The molecule has 1 aliphatic rings. The minimum atomic E-state index is -3.37. The molecule has 1 amide bonds. The fourth-order valence-electron chi connectivity index (χ4n) is 4.14. The number of esters is 1. The van der Waals surface area contributed by atoms with Gasteiger partial charge in [0.15, 0.2) is 0 Å². The van der Waals surface area contributed by atoms with Crippen LogP contribution >= 0.6 is 0 Å². The fourth-order valence-corrected chi connectivity index (χ4v) is 4.14. The molecule has 1 heterocycles. The highest BCUT2D eigenvalue weighted by atomic mass is 19.3. The van der Waals surface area contributed by atoms with Crippen LogP contribution in [0.5, 0.6) is 0 Å². The molecule has 0 bridgehead atoms. The second-order valence-corrected chi connectivity index (χ2v) is 8.95. The average Bonchev–Trinajstić information content (AvgIpc) is 3.02. The molecular formula is C26H37F2NO4. The number of halogens is 2. The molecule has 0 aromatic heterocycles. The summed E-state index contributed by atoms with van der Waals surface area (Å²) in [5.74, 6) is -4.78. The standard InChI is InChI=1S/C26H37F2NO4/c1-20(11-10-14-21-12-6-5-7-13-21)23(30)17-16-22-19-26(27,28)25(32)29(22)18-9-4-3-8-15-24(31)33-2/h5-7,12-13,16-17,20,22-23,30H,3-4,8-11,14-15,18-19H2,1-2H3/b17-16+/t20?,22-,23?/m0/s1. The highest BCUT2D eigenvalue weighted by Gasteiger charge is 2.52. The van der Waals surface area contributed by atoms with E-state index in [0.29, 0.717) is 19.3 Å². The zero-order valence-electron chi connectivity index (χ0n) is 19.7. The van der Waals surface area contributed by atoms with Gasteiger partial charge in [-0.1, -0.05) is 62.2 Å². The topological polar surface area (TPSA) is 66.8 Å². The first-order valence-corrected chi connectivity index (χ1v) is 11.9. The molecule has 0 saturated carbocycles. The van der Waals surface area contributed by atoms with Crippen LogP contribution in [-0.2, 0) is 20.7 Å². The number of hydrogen-bond acceptors (Lipinski definition) is 4. The number of rotatable bonds is 14. The third kappa shape index (κ3) is 8.88. The number of likely N-dealkylation sites (tertiary alicyclic amines) is 1. The highest BCUT2D eigenvalue weighted by Crippen LogP contribution is 2.34. The Kier molecular flexibility index (Phi) is 11.0. The molecule has 1 fully saturated rings. The van der Waals surface area contributed by atoms with Gasteiger partial charge in [-0.05, 0) is 43.6 Å². The van der Waals surface area contributed by atoms with Crippen LogP contribution < -0.4 is 0 Å². The molecule has 1 aromatic carbocycles. The molecule has 1 aliphatic heterocycles. The number of hydrogen-bond donors (Lipinski definition) is 1. The van der Waals surface area contributed by atoms with Gasteiger partial charge in [-0.3, -0.25) is 9.59 Å². The first kappa shape index (κ1) is 27.0. The van der Waals surface area contributed by atoms with E-state index in [1.165, 1.54) is 17.6 Å². The quantitative estimate of drug-likeness (QED) is 0.241. The van der Waals surface area contributed by atoms with Crippen molar-refractivity contribution in [2.45, 2.75) is 82.8 Å². The number of carbonyl (C=O) groups excluding carboxylic acids is 2. The maximum Gasteiger partial charge on any atom is 0.327 e. The molecule has 0 aliphatic carbocycles. The summed E-state index contributed by atoms with van der Waals surface area (Å²) in [7, 11) is 1.34. The second kappa shape index (κ2) is 13.4. The Morgan fingerprint density at radius 3 is 2.61 bits per heavy atom. The van der Waals surface area contributed by atoms with Crippen molar-refractivity contribution >= 4 is 11.9 Å². The molecule has 2 unspecified atom stereocenters. The third-order valence-corrected chi connectivity index (χ3v) is 6.28. The minimum Gasteiger partial charge on any atom is -0.469 e. The van der Waals surface area contributed by atoms with E-state index >= 15 is 0 Å². The van der Waals surface area contributed by atoms with Crippen LogP contribution in [0.2, 0.25) is 0 Å². The number of unbranched alkanes of at least 4 members (excludes halogenated alkanes) is 3. The lowest BCUT2D eigenvalue weighted by atomic mass is 9.95. The van der Waals surface area contributed by atoms with E-state index in [1.54, 1.807) is 12.2 Å². The monoisotopic (exact) mass is 465 g/mol. The van der Waals surface area contributed by atoms with E-state index in [0.717, 1.165) is 32.1 Å². The first-order chi connectivity index (χ1) is 15.7. The number of aliphatic hydroxyl groups excluding tert-OH is 1. The lowest BCUT2D eigenvalue weighted by Crippen LogP contribution is -2.36. The maximum absolute atomic E-state index is 14.1. The summed E-state index contributed by atoms with van der Waals surface area (Å²) in [6.45, 7) is 2.19. The minimum absolute atomic E-state index is 0.00848. The van der Waals surface area contributed by atoms with Crippen molar-refractivity contribution in [2.75, 3.05) is 13.7 Å². The van der Waals surface area contributed by atoms with Crippen LogP contribution in [0.4, 0.5) is 8.78 Å². The van der Waals surface area contributed by atoms with Gasteiger partial charge in [-0.2, -0.15) is 8.78 Å². The van der Waals surface area contributed by atoms with Crippen molar-refractivity contribution in [1.82, 2.24) is 4.90 Å². The Labute approximate surface area is 195 Å². The lowest BCUT2D eigenvalue weighted by molar-refractivity contribution is -0.148. The molecule has 7 heteroatoms. The summed E-state index contributed by atoms with van der Waals surface area (Å²) in [6.07, 6.45) is 7.61. The normalized spacial score (nSPS) is 19.7. The lowest BCUT2D eigenvalue weighted by Gasteiger charge is -2.22.